The fraction of sp³-hybridized carbons (Fsp3) is 0.417. The number of hydrogen-bond donors (Lipinski definition) is 2. The Morgan fingerprint density at radius 2 is 2.13 bits per heavy atom. The van der Waals surface area contributed by atoms with Crippen LogP contribution in [0.3, 0.4) is 0 Å². The van der Waals surface area contributed by atoms with Gasteiger partial charge >= 0.3 is 0 Å². The van der Waals surface area contributed by atoms with Crippen molar-refractivity contribution in [2.45, 2.75) is 20.3 Å². The van der Waals surface area contributed by atoms with Crippen LogP contribution >= 0.6 is 0 Å². The van der Waals surface area contributed by atoms with Gasteiger partial charge in [0.15, 0.2) is 0 Å². The van der Waals surface area contributed by atoms with Gasteiger partial charge in [0, 0.05) is 5.69 Å². The van der Waals surface area contributed by atoms with Crippen LogP contribution in [0.2, 0.25) is 0 Å². The number of rotatable bonds is 4. The SMILES string of the molecule is CCc1cccc(C)c1NC(=O)CNC. The smallest absolute Gasteiger partial charge is 0.238 e. The molecule has 0 atom stereocenters. The van der Waals surface area contributed by atoms with E-state index in [1.807, 2.05) is 25.1 Å². The van der Waals surface area contributed by atoms with Crippen LogP contribution in [0.15, 0.2) is 18.2 Å². The van der Waals surface area contributed by atoms with E-state index < -0.39 is 0 Å². The molecule has 0 heterocycles. The number of para-hydroxylation sites is 1. The van der Waals surface area contributed by atoms with Gasteiger partial charge in [0.25, 0.3) is 0 Å². The maximum Gasteiger partial charge on any atom is 0.238 e. The van der Waals surface area contributed by atoms with Gasteiger partial charge in [-0.2, -0.15) is 0 Å². The van der Waals surface area contributed by atoms with Gasteiger partial charge in [-0.05, 0) is 31.5 Å². The van der Waals surface area contributed by atoms with Crippen LogP contribution in [0, 0.1) is 6.92 Å². The van der Waals surface area contributed by atoms with E-state index in [4.69, 9.17) is 0 Å². The van der Waals surface area contributed by atoms with Crippen LogP contribution < -0.4 is 10.6 Å². The first-order chi connectivity index (χ1) is 7.19. The summed E-state index contributed by atoms with van der Waals surface area (Å²) in [5, 5.41) is 5.76. The van der Waals surface area contributed by atoms with E-state index in [0.717, 1.165) is 17.7 Å². The number of likely N-dealkylation sites (N-methyl/N-ethyl adjacent to an activating group) is 1. The maximum absolute atomic E-state index is 11.5. The molecule has 0 aliphatic heterocycles. The molecule has 1 aromatic carbocycles. The zero-order chi connectivity index (χ0) is 11.3. The number of hydrogen-bond acceptors (Lipinski definition) is 2. The molecule has 0 radical (unpaired) electrons. The Hall–Kier alpha value is -1.35. The van der Waals surface area contributed by atoms with E-state index in [2.05, 4.69) is 17.6 Å². The Morgan fingerprint density at radius 1 is 1.40 bits per heavy atom. The standard InChI is InChI=1S/C12H18N2O/c1-4-10-7-5-6-9(2)12(10)14-11(15)8-13-3/h5-7,13H,4,8H2,1-3H3,(H,14,15). The van der Waals surface area contributed by atoms with Crippen molar-refractivity contribution in [2.75, 3.05) is 18.9 Å². The van der Waals surface area contributed by atoms with E-state index in [-0.39, 0.29) is 5.91 Å². The largest absolute Gasteiger partial charge is 0.324 e. The Balaban J connectivity index is 2.87. The molecule has 0 saturated carbocycles. The fourth-order valence-corrected chi connectivity index (χ4v) is 1.55. The first kappa shape index (κ1) is 11.7. The monoisotopic (exact) mass is 206 g/mol. The minimum Gasteiger partial charge on any atom is -0.324 e. The number of nitrogens with one attached hydrogen (secondary N) is 2. The summed E-state index contributed by atoms with van der Waals surface area (Å²) in [5.74, 6) is 0.00139. The minimum atomic E-state index is 0.00139. The molecule has 0 saturated heterocycles. The van der Waals surface area contributed by atoms with Crippen molar-refractivity contribution in [3.05, 3.63) is 29.3 Å². The third-order valence-corrected chi connectivity index (χ3v) is 2.34. The number of amides is 1. The molecule has 0 aromatic heterocycles. The third kappa shape index (κ3) is 3.06. The summed E-state index contributed by atoms with van der Waals surface area (Å²) in [6.07, 6.45) is 0.927. The number of carbonyl (C=O) groups excluding carboxylic acids is 1. The first-order valence-corrected chi connectivity index (χ1v) is 5.22. The van der Waals surface area contributed by atoms with Gasteiger partial charge in [-0.3, -0.25) is 4.79 Å². The van der Waals surface area contributed by atoms with Crippen molar-refractivity contribution in [1.29, 1.82) is 0 Å². The second-order valence-electron chi connectivity index (χ2n) is 3.54. The molecular formula is C12H18N2O. The van der Waals surface area contributed by atoms with Crippen LogP contribution in [0.25, 0.3) is 0 Å². The molecule has 0 aliphatic carbocycles. The molecule has 1 rings (SSSR count). The highest BCUT2D eigenvalue weighted by molar-refractivity contribution is 5.93. The normalized spacial score (nSPS) is 10.1. The predicted molar refractivity (Wildman–Crippen MR) is 63.1 cm³/mol. The van der Waals surface area contributed by atoms with Crippen molar-refractivity contribution in [1.82, 2.24) is 5.32 Å². The van der Waals surface area contributed by atoms with Gasteiger partial charge in [0.05, 0.1) is 6.54 Å². The number of aryl methyl sites for hydroxylation is 2. The van der Waals surface area contributed by atoms with Crippen molar-refractivity contribution in [3.63, 3.8) is 0 Å². The third-order valence-electron chi connectivity index (χ3n) is 2.34. The molecule has 0 bridgehead atoms. The molecule has 0 fully saturated rings. The molecule has 0 unspecified atom stereocenters. The lowest BCUT2D eigenvalue weighted by molar-refractivity contribution is -0.115. The quantitative estimate of drug-likeness (QED) is 0.787. The van der Waals surface area contributed by atoms with Crippen molar-refractivity contribution in [3.8, 4) is 0 Å². The highest BCUT2D eigenvalue weighted by atomic mass is 16.1. The van der Waals surface area contributed by atoms with Crippen molar-refractivity contribution in [2.24, 2.45) is 0 Å². The summed E-state index contributed by atoms with van der Waals surface area (Å²) in [5.41, 5.74) is 3.25. The van der Waals surface area contributed by atoms with Gasteiger partial charge in [0.1, 0.15) is 0 Å². The van der Waals surface area contributed by atoms with Crippen LogP contribution in [-0.4, -0.2) is 19.5 Å². The molecule has 3 nitrogen and oxygen atoms in total. The summed E-state index contributed by atoms with van der Waals surface area (Å²) in [6.45, 7) is 4.44. The summed E-state index contributed by atoms with van der Waals surface area (Å²) < 4.78 is 0. The van der Waals surface area contributed by atoms with Crippen LogP contribution in [0.1, 0.15) is 18.1 Å². The highest BCUT2D eigenvalue weighted by Crippen LogP contribution is 2.20. The van der Waals surface area contributed by atoms with E-state index in [0.29, 0.717) is 6.54 Å². The number of carbonyl (C=O) groups is 1. The van der Waals surface area contributed by atoms with E-state index >= 15 is 0 Å². The average Bonchev–Trinajstić information content (AvgIpc) is 2.21. The summed E-state index contributed by atoms with van der Waals surface area (Å²) >= 11 is 0. The van der Waals surface area contributed by atoms with Crippen molar-refractivity contribution < 1.29 is 4.79 Å². The number of anilines is 1. The molecule has 1 aromatic rings. The molecule has 2 N–H and O–H groups in total. The molecule has 15 heavy (non-hydrogen) atoms. The highest BCUT2D eigenvalue weighted by Gasteiger charge is 2.07. The minimum absolute atomic E-state index is 0.00139. The lowest BCUT2D eigenvalue weighted by atomic mass is 10.1. The van der Waals surface area contributed by atoms with E-state index in [1.54, 1.807) is 7.05 Å². The molecule has 82 valence electrons. The summed E-state index contributed by atoms with van der Waals surface area (Å²) in [4.78, 5) is 11.5. The zero-order valence-corrected chi connectivity index (χ0v) is 9.55. The summed E-state index contributed by atoms with van der Waals surface area (Å²) in [7, 11) is 1.76. The van der Waals surface area contributed by atoms with Crippen LogP contribution in [0.4, 0.5) is 5.69 Å². The van der Waals surface area contributed by atoms with Crippen LogP contribution in [-0.2, 0) is 11.2 Å². The van der Waals surface area contributed by atoms with Gasteiger partial charge in [-0.1, -0.05) is 25.1 Å². The Morgan fingerprint density at radius 3 is 2.73 bits per heavy atom. The topological polar surface area (TPSA) is 41.1 Å². The Kier molecular flexibility index (Phi) is 4.31. The van der Waals surface area contributed by atoms with Crippen molar-refractivity contribution >= 4 is 11.6 Å². The summed E-state index contributed by atoms with van der Waals surface area (Å²) in [6, 6.07) is 6.07. The second kappa shape index (κ2) is 5.51. The second-order valence-corrected chi connectivity index (χ2v) is 3.54. The first-order valence-electron chi connectivity index (χ1n) is 5.22. The Bertz CT molecular complexity index is 347. The van der Waals surface area contributed by atoms with Gasteiger partial charge in [-0.25, -0.2) is 0 Å². The van der Waals surface area contributed by atoms with Gasteiger partial charge < -0.3 is 10.6 Å². The fourth-order valence-electron chi connectivity index (χ4n) is 1.55. The molecule has 1 amide bonds. The van der Waals surface area contributed by atoms with E-state index in [9.17, 15) is 4.79 Å². The molecule has 3 heteroatoms. The molecular weight excluding hydrogens is 188 g/mol. The molecule has 0 aliphatic rings. The van der Waals surface area contributed by atoms with Gasteiger partial charge in [-0.15, -0.1) is 0 Å². The van der Waals surface area contributed by atoms with Crippen LogP contribution in [0.5, 0.6) is 0 Å². The van der Waals surface area contributed by atoms with E-state index in [1.165, 1.54) is 5.56 Å². The average molecular weight is 206 g/mol. The number of benzene rings is 1. The lowest BCUT2D eigenvalue weighted by Gasteiger charge is -2.12. The zero-order valence-electron chi connectivity index (χ0n) is 9.55. The maximum atomic E-state index is 11.5. The lowest BCUT2D eigenvalue weighted by Crippen LogP contribution is -2.25. The van der Waals surface area contributed by atoms with Gasteiger partial charge in [0.2, 0.25) is 5.91 Å². The molecule has 0 spiro atoms. The predicted octanol–water partition coefficient (Wildman–Crippen LogP) is 1.72. The Labute approximate surface area is 90.9 Å².